The number of hydrogen-bond donors (Lipinski definition) is 2. The molecule has 19 heavy (non-hydrogen) atoms. The number of nitrogen functional groups attached to an aromatic ring is 1. The number of anilines is 1. The standard InChI is InChI=1S/C14H20N2O3/c1-14(2)5-3-9(4-6-14)19-12-7-10(13(17)18)11(15)8-16-12/h7-9H,3-6,15H2,1-2H3,(H,17,18). The van der Waals surface area contributed by atoms with E-state index in [0.717, 1.165) is 25.7 Å². The van der Waals surface area contributed by atoms with Gasteiger partial charge in [-0.3, -0.25) is 0 Å². The Bertz CT molecular complexity index is 476. The van der Waals surface area contributed by atoms with Crippen molar-refractivity contribution in [3.63, 3.8) is 0 Å². The minimum absolute atomic E-state index is 0.0427. The number of aromatic carboxylic acids is 1. The molecule has 2 rings (SSSR count). The largest absolute Gasteiger partial charge is 0.478 e. The number of aromatic nitrogens is 1. The molecule has 0 aromatic carbocycles. The molecule has 3 N–H and O–H groups in total. The van der Waals surface area contributed by atoms with Gasteiger partial charge in [0, 0.05) is 6.07 Å². The van der Waals surface area contributed by atoms with Crippen LogP contribution >= 0.6 is 0 Å². The second-order valence-electron chi connectivity index (χ2n) is 5.90. The fraction of sp³-hybridized carbons (Fsp3) is 0.571. The van der Waals surface area contributed by atoms with Crippen LogP contribution in [0, 0.1) is 5.41 Å². The highest BCUT2D eigenvalue weighted by molar-refractivity contribution is 5.93. The third-order valence-electron chi connectivity index (χ3n) is 3.71. The summed E-state index contributed by atoms with van der Waals surface area (Å²) in [6, 6.07) is 1.40. The molecule has 0 unspecified atom stereocenters. The van der Waals surface area contributed by atoms with Crippen LogP contribution in [0.1, 0.15) is 49.9 Å². The minimum atomic E-state index is -1.06. The summed E-state index contributed by atoms with van der Waals surface area (Å²) in [6.45, 7) is 4.51. The molecule has 1 heterocycles. The predicted molar refractivity (Wildman–Crippen MR) is 72.3 cm³/mol. The third kappa shape index (κ3) is 3.36. The number of nitrogens with zero attached hydrogens (tertiary/aromatic N) is 1. The monoisotopic (exact) mass is 264 g/mol. The summed E-state index contributed by atoms with van der Waals surface area (Å²) in [4.78, 5) is 15.0. The van der Waals surface area contributed by atoms with Crippen molar-refractivity contribution < 1.29 is 14.6 Å². The van der Waals surface area contributed by atoms with Crippen LogP contribution in [0.25, 0.3) is 0 Å². The van der Waals surface area contributed by atoms with E-state index >= 15 is 0 Å². The van der Waals surface area contributed by atoms with Gasteiger partial charge in [0.1, 0.15) is 6.10 Å². The van der Waals surface area contributed by atoms with E-state index in [1.165, 1.54) is 12.3 Å². The third-order valence-corrected chi connectivity index (χ3v) is 3.71. The normalized spacial score (nSPS) is 19.1. The van der Waals surface area contributed by atoms with Gasteiger partial charge in [-0.2, -0.15) is 0 Å². The van der Waals surface area contributed by atoms with Crippen LogP contribution < -0.4 is 10.5 Å². The quantitative estimate of drug-likeness (QED) is 0.876. The molecule has 5 heteroatoms. The van der Waals surface area contributed by atoms with Gasteiger partial charge in [0.25, 0.3) is 0 Å². The van der Waals surface area contributed by atoms with Crippen molar-refractivity contribution in [2.45, 2.75) is 45.6 Å². The molecule has 1 aromatic heterocycles. The highest BCUT2D eigenvalue weighted by Crippen LogP contribution is 2.36. The van der Waals surface area contributed by atoms with Crippen molar-refractivity contribution in [1.29, 1.82) is 0 Å². The molecule has 0 spiro atoms. The summed E-state index contributed by atoms with van der Waals surface area (Å²) in [6.07, 6.45) is 5.62. The first-order valence-electron chi connectivity index (χ1n) is 6.53. The van der Waals surface area contributed by atoms with Crippen molar-refractivity contribution in [2.24, 2.45) is 5.41 Å². The lowest BCUT2D eigenvalue weighted by Crippen LogP contribution is -2.28. The maximum atomic E-state index is 11.0. The van der Waals surface area contributed by atoms with Gasteiger partial charge in [0.2, 0.25) is 5.88 Å². The average molecular weight is 264 g/mol. The molecule has 1 aliphatic carbocycles. The number of ether oxygens (including phenoxy) is 1. The molecule has 0 saturated heterocycles. The second-order valence-corrected chi connectivity index (χ2v) is 5.90. The smallest absolute Gasteiger partial charge is 0.338 e. The van der Waals surface area contributed by atoms with E-state index in [0.29, 0.717) is 11.3 Å². The summed E-state index contributed by atoms with van der Waals surface area (Å²) in [5.74, 6) is -0.717. The Balaban J connectivity index is 2.04. The number of carboxylic acid groups (broad SMARTS) is 1. The van der Waals surface area contributed by atoms with Crippen molar-refractivity contribution >= 4 is 11.7 Å². The Morgan fingerprint density at radius 3 is 2.68 bits per heavy atom. The van der Waals surface area contributed by atoms with E-state index in [-0.39, 0.29) is 17.4 Å². The summed E-state index contributed by atoms with van der Waals surface area (Å²) in [5.41, 5.74) is 6.14. The topological polar surface area (TPSA) is 85.4 Å². The first-order chi connectivity index (χ1) is 8.87. The Hall–Kier alpha value is -1.78. The number of nitrogens with two attached hydrogens (primary N) is 1. The lowest BCUT2D eigenvalue weighted by atomic mass is 9.76. The van der Waals surface area contributed by atoms with Crippen LogP contribution in [-0.4, -0.2) is 22.2 Å². The lowest BCUT2D eigenvalue weighted by Gasteiger charge is -2.34. The zero-order valence-corrected chi connectivity index (χ0v) is 11.3. The fourth-order valence-electron chi connectivity index (χ4n) is 2.36. The molecule has 1 aliphatic rings. The maximum Gasteiger partial charge on any atom is 0.338 e. The van der Waals surface area contributed by atoms with Crippen molar-refractivity contribution in [1.82, 2.24) is 4.98 Å². The van der Waals surface area contributed by atoms with Crippen molar-refractivity contribution in [2.75, 3.05) is 5.73 Å². The summed E-state index contributed by atoms with van der Waals surface area (Å²) in [5, 5.41) is 9.00. The number of carbonyl (C=O) groups is 1. The minimum Gasteiger partial charge on any atom is -0.478 e. The molecule has 0 atom stereocenters. The van der Waals surface area contributed by atoms with Gasteiger partial charge < -0.3 is 15.6 Å². The molecular formula is C14H20N2O3. The lowest BCUT2D eigenvalue weighted by molar-refractivity contribution is 0.0695. The molecular weight excluding hydrogens is 244 g/mol. The van der Waals surface area contributed by atoms with E-state index < -0.39 is 5.97 Å². The highest BCUT2D eigenvalue weighted by Gasteiger charge is 2.28. The maximum absolute atomic E-state index is 11.0. The van der Waals surface area contributed by atoms with Gasteiger partial charge in [-0.15, -0.1) is 0 Å². The van der Waals surface area contributed by atoms with Gasteiger partial charge in [-0.05, 0) is 31.1 Å². The van der Waals surface area contributed by atoms with Gasteiger partial charge in [0.05, 0.1) is 17.4 Å². The van der Waals surface area contributed by atoms with Gasteiger partial charge in [0.15, 0.2) is 0 Å². The first-order valence-corrected chi connectivity index (χ1v) is 6.53. The second kappa shape index (κ2) is 5.07. The van der Waals surface area contributed by atoms with Crippen LogP contribution in [0.3, 0.4) is 0 Å². The molecule has 0 amide bonds. The summed E-state index contributed by atoms with van der Waals surface area (Å²) in [7, 11) is 0. The molecule has 0 aliphatic heterocycles. The van der Waals surface area contributed by atoms with Crippen LogP contribution in [0.4, 0.5) is 5.69 Å². The van der Waals surface area contributed by atoms with E-state index in [9.17, 15) is 4.79 Å². The summed E-state index contributed by atoms with van der Waals surface area (Å²) >= 11 is 0. The number of rotatable bonds is 3. The Labute approximate surface area is 112 Å². The van der Waals surface area contributed by atoms with E-state index in [4.69, 9.17) is 15.6 Å². The van der Waals surface area contributed by atoms with E-state index in [1.54, 1.807) is 0 Å². The Morgan fingerprint density at radius 1 is 1.47 bits per heavy atom. The average Bonchev–Trinajstić information content (AvgIpc) is 2.34. The predicted octanol–water partition coefficient (Wildman–Crippen LogP) is 2.71. The van der Waals surface area contributed by atoms with Gasteiger partial charge >= 0.3 is 5.97 Å². The van der Waals surface area contributed by atoms with Crippen LogP contribution in [0.15, 0.2) is 12.3 Å². The zero-order chi connectivity index (χ0) is 14.0. The SMILES string of the molecule is CC1(C)CCC(Oc2cc(C(=O)O)c(N)cn2)CC1. The molecule has 104 valence electrons. The molecule has 1 aromatic rings. The van der Waals surface area contributed by atoms with E-state index in [2.05, 4.69) is 18.8 Å². The molecule has 1 fully saturated rings. The fourth-order valence-corrected chi connectivity index (χ4v) is 2.36. The van der Waals surface area contributed by atoms with Gasteiger partial charge in [-0.1, -0.05) is 13.8 Å². The number of pyridine rings is 1. The first kappa shape index (κ1) is 13.6. The Kier molecular flexibility index (Phi) is 3.64. The van der Waals surface area contributed by atoms with Gasteiger partial charge in [-0.25, -0.2) is 9.78 Å². The molecule has 0 bridgehead atoms. The van der Waals surface area contributed by atoms with Crippen LogP contribution in [0.2, 0.25) is 0 Å². The Morgan fingerprint density at radius 2 is 2.11 bits per heavy atom. The molecule has 0 radical (unpaired) electrons. The molecule has 1 saturated carbocycles. The van der Waals surface area contributed by atoms with E-state index in [1.807, 2.05) is 0 Å². The van der Waals surface area contributed by atoms with Crippen molar-refractivity contribution in [3.8, 4) is 5.88 Å². The zero-order valence-electron chi connectivity index (χ0n) is 11.3. The number of carboxylic acids is 1. The van der Waals surface area contributed by atoms with Crippen LogP contribution in [0.5, 0.6) is 5.88 Å². The molecule has 5 nitrogen and oxygen atoms in total. The number of hydrogen-bond acceptors (Lipinski definition) is 4. The van der Waals surface area contributed by atoms with Crippen molar-refractivity contribution in [3.05, 3.63) is 17.8 Å². The highest BCUT2D eigenvalue weighted by atomic mass is 16.5. The van der Waals surface area contributed by atoms with Crippen LogP contribution in [-0.2, 0) is 0 Å². The summed E-state index contributed by atoms with van der Waals surface area (Å²) < 4.78 is 5.76.